The summed E-state index contributed by atoms with van der Waals surface area (Å²) in [5.41, 5.74) is 5.86. The van der Waals surface area contributed by atoms with Gasteiger partial charge in [0.15, 0.2) is 11.6 Å². The lowest BCUT2D eigenvalue weighted by atomic mass is 10.1. The number of hydrogen-bond donors (Lipinski definition) is 3. The summed E-state index contributed by atoms with van der Waals surface area (Å²) >= 11 is 18.2. The molecule has 0 spiro atoms. The van der Waals surface area contributed by atoms with Crippen LogP contribution in [0.25, 0.3) is 0 Å². The topological polar surface area (TPSA) is 151 Å². The number of nitriles is 1. The number of rotatable bonds is 9. The fourth-order valence-corrected chi connectivity index (χ4v) is 5.04. The first-order chi connectivity index (χ1) is 18.7. The number of hydrogen-bond acceptors (Lipinski definition) is 7. The molecule has 0 bridgehead atoms. The average molecular weight is 628 g/mol. The first-order valence-electron chi connectivity index (χ1n) is 11.5. The van der Waals surface area contributed by atoms with E-state index < -0.39 is 40.1 Å². The summed E-state index contributed by atoms with van der Waals surface area (Å²) in [6.45, 7) is 3.33. The Morgan fingerprint density at radius 2 is 1.77 bits per heavy atom. The van der Waals surface area contributed by atoms with Crippen molar-refractivity contribution < 1.29 is 27.1 Å². The van der Waals surface area contributed by atoms with Gasteiger partial charge in [0.25, 0.3) is 15.9 Å². The largest absolute Gasteiger partial charge is 0.453 e. The van der Waals surface area contributed by atoms with E-state index in [1.807, 2.05) is 10.8 Å². The van der Waals surface area contributed by atoms with Crippen molar-refractivity contribution in [1.82, 2.24) is 4.72 Å². The van der Waals surface area contributed by atoms with Crippen molar-refractivity contribution in [2.24, 2.45) is 11.7 Å². The minimum atomic E-state index is -4.28. The van der Waals surface area contributed by atoms with Crippen LogP contribution in [0.1, 0.15) is 25.0 Å². The number of nitrogens with one attached hydrogen (secondary N) is 2. The lowest BCUT2D eigenvalue weighted by Gasteiger charge is -2.16. The summed E-state index contributed by atoms with van der Waals surface area (Å²) in [6.07, 6.45) is -0.460. The molecule has 0 fully saturated rings. The highest BCUT2D eigenvalue weighted by Crippen LogP contribution is 2.35. The van der Waals surface area contributed by atoms with Gasteiger partial charge in [0, 0.05) is 10.6 Å². The van der Waals surface area contributed by atoms with E-state index in [4.69, 9.17) is 50.5 Å². The Morgan fingerprint density at radius 3 is 2.40 bits per heavy atom. The first-order valence-corrected chi connectivity index (χ1v) is 14.1. The number of nitrogens with two attached hydrogens (primary N) is 1. The Labute approximate surface area is 245 Å². The average Bonchev–Trinajstić information content (AvgIpc) is 2.88. The summed E-state index contributed by atoms with van der Waals surface area (Å²) in [4.78, 5) is 24.4. The van der Waals surface area contributed by atoms with E-state index in [1.165, 1.54) is 36.4 Å². The Hall–Kier alpha value is -3.40. The van der Waals surface area contributed by atoms with Crippen LogP contribution in [0.5, 0.6) is 11.5 Å². The number of halogens is 4. The van der Waals surface area contributed by atoms with Crippen LogP contribution in [0.2, 0.25) is 15.1 Å². The van der Waals surface area contributed by atoms with Crippen molar-refractivity contribution in [3.63, 3.8) is 0 Å². The van der Waals surface area contributed by atoms with Crippen molar-refractivity contribution >= 4 is 62.3 Å². The van der Waals surface area contributed by atoms with Crippen LogP contribution in [0, 0.1) is 23.1 Å². The Morgan fingerprint density at radius 1 is 1.07 bits per heavy atom. The number of amides is 2. The Bertz CT molecular complexity index is 1630. The molecule has 0 saturated heterocycles. The molecular weight excluding hydrogens is 606 g/mol. The van der Waals surface area contributed by atoms with Crippen LogP contribution in [-0.4, -0.2) is 26.3 Å². The summed E-state index contributed by atoms with van der Waals surface area (Å²) < 4.78 is 47.8. The summed E-state index contributed by atoms with van der Waals surface area (Å²) in [7, 11) is -4.28. The zero-order chi connectivity index (χ0) is 29.8. The van der Waals surface area contributed by atoms with Crippen molar-refractivity contribution in [3.05, 3.63) is 80.5 Å². The molecule has 0 aliphatic rings. The lowest BCUT2D eigenvalue weighted by molar-refractivity contribution is -0.121. The van der Waals surface area contributed by atoms with Crippen molar-refractivity contribution in [3.8, 4) is 17.6 Å². The van der Waals surface area contributed by atoms with Gasteiger partial charge in [-0.15, -0.1) is 0 Å². The fraction of sp³-hybridized carbons (Fsp3) is 0.192. The molecule has 0 aromatic heterocycles. The Balaban J connectivity index is 1.76. The zero-order valence-corrected chi connectivity index (χ0v) is 24.1. The number of nitrogens with zero attached hydrogens (tertiary/aromatic N) is 1. The van der Waals surface area contributed by atoms with Gasteiger partial charge in [-0.25, -0.2) is 17.5 Å². The number of benzene rings is 3. The molecule has 0 aliphatic heterocycles. The standard InChI is InChI=1S/C26H22Cl3FN4O5S/c1-13(2)24(32)26(36)34-40(37,38)18-4-6-21(20(29)11-18)33-22(35)9-15-3-5-19(28)25(23(15)30)39-17-8-14(12-31)7-16(27)10-17/h3-8,10-11,13,24H,9,32H2,1-2H3,(H,33,35)(H,34,36)/t24-/m0/s1. The Kier molecular flexibility index (Phi) is 10.00. The molecule has 1 atom stereocenters. The quantitative estimate of drug-likeness (QED) is 0.287. The van der Waals surface area contributed by atoms with Gasteiger partial charge in [0.05, 0.1) is 44.7 Å². The van der Waals surface area contributed by atoms with E-state index in [1.54, 1.807) is 13.8 Å². The second kappa shape index (κ2) is 12.8. The van der Waals surface area contributed by atoms with Gasteiger partial charge in [-0.3, -0.25) is 9.59 Å². The highest BCUT2D eigenvalue weighted by atomic mass is 35.5. The third kappa shape index (κ3) is 7.62. The minimum absolute atomic E-state index is 0.0460. The fourth-order valence-electron chi connectivity index (χ4n) is 3.30. The van der Waals surface area contributed by atoms with Crippen LogP contribution in [0.15, 0.2) is 53.4 Å². The lowest BCUT2D eigenvalue weighted by Crippen LogP contribution is -2.46. The minimum Gasteiger partial charge on any atom is -0.453 e. The molecule has 4 N–H and O–H groups in total. The van der Waals surface area contributed by atoms with E-state index >= 15 is 4.39 Å². The van der Waals surface area contributed by atoms with Gasteiger partial charge in [-0.2, -0.15) is 5.26 Å². The normalized spacial score (nSPS) is 12.0. The van der Waals surface area contributed by atoms with E-state index in [-0.39, 0.29) is 54.2 Å². The SMILES string of the molecule is CC(C)[C@H](N)C(=O)NS(=O)(=O)c1ccc(NC(=O)Cc2ccc(Cl)c(Oc3cc(Cl)cc(C#N)c3)c2F)c(Cl)c1. The molecule has 3 aromatic carbocycles. The van der Waals surface area contributed by atoms with Gasteiger partial charge in [0.1, 0.15) is 5.75 Å². The molecule has 210 valence electrons. The van der Waals surface area contributed by atoms with Crippen LogP contribution in [-0.2, 0) is 26.0 Å². The molecule has 0 radical (unpaired) electrons. The summed E-state index contributed by atoms with van der Waals surface area (Å²) in [5.74, 6) is -3.07. The van der Waals surface area contributed by atoms with E-state index in [0.29, 0.717) is 0 Å². The van der Waals surface area contributed by atoms with Gasteiger partial charge in [-0.1, -0.05) is 54.7 Å². The van der Waals surface area contributed by atoms with Gasteiger partial charge >= 0.3 is 0 Å². The van der Waals surface area contributed by atoms with Crippen molar-refractivity contribution in [1.29, 1.82) is 5.26 Å². The third-order valence-electron chi connectivity index (χ3n) is 5.48. The molecule has 3 aromatic rings. The highest BCUT2D eigenvalue weighted by Gasteiger charge is 2.25. The monoisotopic (exact) mass is 626 g/mol. The maximum atomic E-state index is 15.3. The second-order valence-electron chi connectivity index (χ2n) is 8.85. The van der Waals surface area contributed by atoms with E-state index in [9.17, 15) is 18.0 Å². The molecular formula is C26H22Cl3FN4O5S. The molecule has 0 heterocycles. The van der Waals surface area contributed by atoms with Crippen LogP contribution < -0.4 is 20.5 Å². The van der Waals surface area contributed by atoms with Crippen LogP contribution >= 0.6 is 34.8 Å². The zero-order valence-electron chi connectivity index (χ0n) is 21.0. The maximum absolute atomic E-state index is 15.3. The number of ether oxygens (including phenoxy) is 1. The summed E-state index contributed by atoms with van der Waals surface area (Å²) in [6, 6.07) is 11.0. The first kappa shape index (κ1) is 31.1. The molecule has 0 aliphatic carbocycles. The summed E-state index contributed by atoms with van der Waals surface area (Å²) in [5, 5.41) is 11.5. The van der Waals surface area contributed by atoms with E-state index in [0.717, 1.165) is 12.1 Å². The number of sulfonamides is 1. The number of carbonyl (C=O) groups is 2. The molecule has 0 unspecified atom stereocenters. The maximum Gasteiger partial charge on any atom is 0.264 e. The van der Waals surface area contributed by atoms with Gasteiger partial charge in [0.2, 0.25) is 5.91 Å². The smallest absolute Gasteiger partial charge is 0.264 e. The second-order valence-corrected chi connectivity index (χ2v) is 11.8. The highest BCUT2D eigenvalue weighted by molar-refractivity contribution is 7.90. The molecule has 9 nitrogen and oxygen atoms in total. The van der Waals surface area contributed by atoms with Crippen LogP contribution in [0.3, 0.4) is 0 Å². The van der Waals surface area contributed by atoms with E-state index in [2.05, 4.69) is 5.32 Å². The molecule has 2 amide bonds. The predicted octanol–water partition coefficient (Wildman–Crippen LogP) is 5.42. The molecule has 40 heavy (non-hydrogen) atoms. The molecule has 3 rings (SSSR count). The third-order valence-corrected chi connectivity index (χ3v) is 7.65. The van der Waals surface area contributed by atoms with Crippen molar-refractivity contribution in [2.75, 3.05) is 5.32 Å². The number of anilines is 1. The molecule has 0 saturated carbocycles. The van der Waals surface area contributed by atoms with Crippen molar-refractivity contribution in [2.45, 2.75) is 31.2 Å². The van der Waals surface area contributed by atoms with Crippen LogP contribution in [0.4, 0.5) is 10.1 Å². The molecule has 14 heteroatoms. The van der Waals surface area contributed by atoms with Gasteiger partial charge in [-0.05, 0) is 48.4 Å². The predicted molar refractivity (Wildman–Crippen MR) is 150 cm³/mol. The number of carbonyl (C=O) groups excluding carboxylic acids is 2. The van der Waals surface area contributed by atoms with Gasteiger partial charge < -0.3 is 15.8 Å².